The van der Waals surface area contributed by atoms with E-state index in [4.69, 9.17) is 8.83 Å². The summed E-state index contributed by atoms with van der Waals surface area (Å²) in [5, 5.41) is 12.0. The second kappa shape index (κ2) is 20.6. The molecule has 0 aliphatic heterocycles. The number of rotatable bonds is 16. The quantitative estimate of drug-likeness (QED) is 0.0903. The van der Waals surface area contributed by atoms with Crippen LogP contribution in [0.4, 0.5) is 34.1 Å². The largest absolute Gasteiger partial charge is 0.455 e. The Labute approximate surface area is 468 Å². The van der Waals surface area contributed by atoms with Crippen LogP contribution in [0.5, 0.6) is 0 Å². The van der Waals surface area contributed by atoms with E-state index in [0.29, 0.717) is 0 Å². The molecular formula is C76H64N2O2. The Morgan fingerprint density at radius 1 is 0.300 bits per heavy atom. The van der Waals surface area contributed by atoms with Gasteiger partial charge in [0.25, 0.3) is 0 Å². The SMILES string of the molecule is CCCc1ccc(-c2cccc3c2oc2ccccc23)c(CCC)c1N(c1ccccc1)c1ccc2ccc3c(N(c4ccccc4)c4c(CCC)ccc(-c5cccc6c5oc5ccccc56)c4CCC)ccc4ccc1c2c43. The average Bonchev–Trinajstić information content (AvgIpc) is 3.88. The van der Waals surface area contributed by atoms with Crippen molar-refractivity contribution in [1.82, 2.24) is 0 Å². The van der Waals surface area contributed by atoms with Gasteiger partial charge >= 0.3 is 0 Å². The van der Waals surface area contributed by atoms with Gasteiger partial charge in [-0.2, -0.15) is 0 Å². The highest BCUT2D eigenvalue weighted by atomic mass is 16.3. The van der Waals surface area contributed by atoms with E-state index in [0.717, 1.165) is 118 Å². The summed E-state index contributed by atoms with van der Waals surface area (Å²) >= 11 is 0. The molecule has 12 aromatic carbocycles. The fourth-order valence-corrected chi connectivity index (χ4v) is 13.4. The topological polar surface area (TPSA) is 32.8 Å². The third kappa shape index (κ3) is 8.02. The summed E-state index contributed by atoms with van der Waals surface area (Å²) in [6.07, 6.45) is 7.74. The van der Waals surface area contributed by atoms with Crippen molar-refractivity contribution in [3.05, 3.63) is 241 Å². The Morgan fingerprint density at radius 2 is 0.688 bits per heavy atom. The highest BCUT2D eigenvalue weighted by molar-refractivity contribution is 6.28. The minimum absolute atomic E-state index is 0.904. The van der Waals surface area contributed by atoms with Crippen molar-refractivity contribution in [2.24, 2.45) is 0 Å². The van der Waals surface area contributed by atoms with Crippen molar-refractivity contribution in [1.29, 1.82) is 0 Å². The maximum atomic E-state index is 6.79. The van der Waals surface area contributed by atoms with Crippen molar-refractivity contribution in [3.8, 4) is 22.3 Å². The molecule has 0 saturated carbocycles. The van der Waals surface area contributed by atoms with Crippen molar-refractivity contribution in [2.45, 2.75) is 79.1 Å². The van der Waals surface area contributed by atoms with Crippen LogP contribution in [0.15, 0.2) is 227 Å². The summed E-state index contributed by atoms with van der Waals surface area (Å²) < 4.78 is 13.6. The summed E-state index contributed by atoms with van der Waals surface area (Å²) in [4.78, 5) is 5.20. The minimum Gasteiger partial charge on any atom is -0.455 e. The van der Waals surface area contributed by atoms with Gasteiger partial charge in [0.15, 0.2) is 0 Å². The number of benzene rings is 12. The van der Waals surface area contributed by atoms with Crippen LogP contribution >= 0.6 is 0 Å². The Hall–Kier alpha value is -9.12. The van der Waals surface area contributed by atoms with Gasteiger partial charge in [0, 0.05) is 54.8 Å². The van der Waals surface area contributed by atoms with Crippen LogP contribution in [0, 0.1) is 0 Å². The Balaban J connectivity index is 1.02. The normalized spacial score (nSPS) is 11.9. The first-order chi connectivity index (χ1) is 39.6. The number of anilines is 6. The number of aryl methyl sites for hydroxylation is 2. The van der Waals surface area contributed by atoms with Crippen molar-refractivity contribution in [2.75, 3.05) is 9.80 Å². The van der Waals surface area contributed by atoms with Gasteiger partial charge in [-0.15, -0.1) is 0 Å². The molecule has 0 fully saturated rings. The smallest absolute Gasteiger partial charge is 0.143 e. The number of para-hydroxylation sites is 6. The first kappa shape index (κ1) is 49.2. The Bertz CT molecular complexity index is 4310. The third-order valence-electron chi connectivity index (χ3n) is 16.7. The summed E-state index contributed by atoms with van der Waals surface area (Å²) in [7, 11) is 0. The summed E-state index contributed by atoms with van der Waals surface area (Å²) in [5.74, 6) is 0. The molecule has 0 atom stereocenters. The van der Waals surface area contributed by atoms with Gasteiger partial charge in [-0.05, 0) is 129 Å². The van der Waals surface area contributed by atoms with Crippen LogP contribution in [0.25, 0.3) is 98.4 Å². The van der Waals surface area contributed by atoms with E-state index in [9.17, 15) is 0 Å². The van der Waals surface area contributed by atoms with Gasteiger partial charge in [-0.1, -0.05) is 223 Å². The highest BCUT2D eigenvalue weighted by Crippen LogP contribution is 2.52. The molecule has 0 aliphatic rings. The van der Waals surface area contributed by atoms with E-state index >= 15 is 0 Å². The molecule has 4 heteroatoms. The fourth-order valence-electron chi connectivity index (χ4n) is 13.4. The van der Waals surface area contributed by atoms with E-state index in [1.54, 1.807) is 0 Å². The van der Waals surface area contributed by atoms with Gasteiger partial charge in [-0.3, -0.25) is 0 Å². The lowest BCUT2D eigenvalue weighted by Gasteiger charge is -2.33. The standard InChI is InChI=1S/C76H64N2O2/c1-5-21-51-39-43-55(61-31-19-33-63-57-29-15-17-35-69(57)79-75(61)63)59(23-7-3)73(51)77(53-25-11-9-12-26-53)67-47-41-49-38-46-66-68(48-42-50-37-45-65(67)71(49)72(50)66)78(54-27-13-10-14-28-54)74-52(22-6-2)40-44-56(60(74)24-8-4)62-32-20-34-64-58-30-16-18-36-70(58)80-76(62)64/h9-20,25-48H,5-8,21-24H2,1-4H3. The molecule has 0 bridgehead atoms. The summed E-state index contributed by atoms with van der Waals surface area (Å²) in [5.41, 5.74) is 20.9. The van der Waals surface area contributed by atoms with Gasteiger partial charge in [0.05, 0.1) is 22.7 Å². The molecule has 0 aliphatic carbocycles. The van der Waals surface area contributed by atoms with Gasteiger partial charge in [0.1, 0.15) is 22.3 Å². The Morgan fingerprint density at radius 3 is 1.11 bits per heavy atom. The maximum absolute atomic E-state index is 6.79. The molecule has 0 unspecified atom stereocenters. The van der Waals surface area contributed by atoms with Gasteiger partial charge < -0.3 is 18.6 Å². The predicted molar refractivity (Wildman–Crippen MR) is 341 cm³/mol. The van der Waals surface area contributed by atoms with Gasteiger partial charge in [-0.25, -0.2) is 0 Å². The number of hydrogen-bond acceptors (Lipinski definition) is 4. The lowest BCUT2D eigenvalue weighted by atomic mass is 9.88. The zero-order chi connectivity index (χ0) is 53.8. The monoisotopic (exact) mass is 1040 g/mol. The number of fused-ring (bicyclic) bond motifs is 6. The highest BCUT2D eigenvalue weighted by Gasteiger charge is 2.29. The molecule has 0 radical (unpaired) electrons. The molecule has 0 saturated heterocycles. The summed E-state index contributed by atoms with van der Waals surface area (Å²) in [6, 6.07) is 81.0. The molecule has 14 aromatic rings. The molecule has 390 valence electrons. The molecule has 2 heterocycles. The van der Waals surface area contributed by atoms with Crippen LogP contribution in [0.3, 0.4) is 0 Å². The zero-order valence-electron chi connectivity index (χ0n) is 46.2. The Kier molecular flexibility index (Phi) is 12.7. The van der Waals surface area contributed by atoms with Crippen LogP contribution < -0.4 is 9.80 Å². The number of hydrogen-bond donors (Lipinski definition) is 0. The fraction of sp³-hybridized carbons (Fsp3) is 0.158. The lowest BCUT2D eigenvalue weighted by Crippen LogP contribution is -2.16. The third-order valence-corrected chi connectivity index (χ3v) is 16.7. The maximum Gasteiger partial charge on any atom is 0.143 e. The zero-order valence-corrected chi connectivity index (χ0v) is 46.2. The second-order valence-corrected chi connectivity index (χ2v) is 21.7. The molecule has 0 spiro atoms. The van der Waals surface area contributed by atoms with Crippen LogP contribution in [0.1, 0.15) is 75.6 Å². The summed E-state index contributed by atoms with van der Waals surface area (Å²) in [6.45, 7) is 9.24. The molecule has 0 N–H and O–H groups in total. The van der Waals surface area contributed by atoms with E-state index in [1.807, 2.05) is 0 Å². The second-order valence-electron chi connectivity index (χ2n) is 21.7. The molecule has 2 aromatic heterocycles. The van der Waals surface area contributed by atoms with Crippen LogP contribution in [-0.2, 0) is 25.7 Å². The van der Waals surface area contributed by atoms with Crippen LogP contribution in [-0.4, -0.2) is 0 Å². The van der Waals surface area contributed by atoms with Crippen molar-refractivity contribution >= 4 is 110 Å². The average molecular weight is 1040 g/mol. The first-order valence-electron chi connectivity index (χ1n) is 29.1. The molecule has 4 nitrogen and oxygen atoms in total. The molecule has 80 heavy (non-hydrogen) atoms. The van der Waals surface area contributed by atoms with E-state index in [1.165, 1.54) is 88.4 Å². The van der Waals surface area contributed by atoms with Crippen molar-refractivity contribution < 1.29 is 8.83 Å². The predicted octanol–water partition coefficient (Wildman–Crippen LogP) is 22.5. The number of furan rings is 2. The molecule has 14 rings (SSSR count). The molecular weight excluding hydrogens is 973 g/mol. The lowest BCUT2D eigenvalue weighted by molar-refractivity contribution is 0.669. The van der Waals surface area contributed by atoms with E-state index in [2.05, 4.69) is 256 Å². The van der Waals surface area contributed by atoms with E-state index in [-0.39, 0.29) is 0 Å². The minimum atomic E-state index is 0.904. The van der Waals surface area contributed by atoms with Gasteiger partial charge in [0.2, 0.25) is 0 Å². The van der Waals surface area contributed by atoms with E-state index < -0.39 is 0 Å². The number of nitrogens with zero attached hydrogens (tertiary/aromatic N) is 2. The van der Waals surface area contributed by atoms with Crippen LogP contribution in [0.2, 0.25) is 0 Å². The first-order valence-corrected chi connectivity index (χ1v) is 29.1. The molecule has 0 amide bonds. The van der Waals surface area contributed by atoms with Crippen molar-refractivity contribution in [3.63, 3.8) is 0 Å².